The third-order valence-electron chi connectivity index (χ3n) is 4.67. The highest BCUT2D eigenvalue weighted by atomic mass is 32.2. The smallest absolute Gasteiger partial charge is 0.286 e. The Labute approximate surface area is 195 Å². The van der Waals surface area contributed by atoms with Crippen LogP contribution < -0.4 is 15.4 Å². The molecule has 0 aliphatic carbocycles. The Bertz CT molecular complexity index is 1100. The molecule has 1 saturated heterocycles. The summed E-state index contributed by atoms with van der Waals surface area (Å²) in [5.41, 5.74) is 2.40. The van der Waals surface area contributed by atoms with Crippen molar-refractivity contribution in [2.24, 2.45) is 0 Å². The number of ether oxygens (including phenoxy) is 1. The van der Waals surface area contributed by atoms with Crippen molar-refractivity contribution in [3.8, 4) is 5.75 Å². The second-order valence-corrected chi connectivity index (χ2v) is 10.0. The van der Waals surface area contributed by atoms with Gasteiger partial charge in [-0.15, -0.1) is 0 Å². The van der Waals surface area contributed by atoms with Crippen LogP contribution in [0.4, 0.5) is 4.79 Å². The highest BCUT2D eigenvalue weighted by Crippen LogP contribution is 2.23. The van der Waals surface area contributed by atoms with Gasteiger partial charge in [-0.05, 0) is 35.7 Å². The van der Waals surface area contributed by atoms with Crippen LogP contribution in [0.3, 0.4) is 0 Å². The maximum atomic E-state index is 11.8. The second kappa shape index (κ2) is 11.3. The van der Waals surface area contributed by atoms with E-state index in [0.717, 1.165) is 23.0 Å². The van der Waals surface area contributed by atoms with E-state index in [1.54, 1.807) is 18.3 Å². The molecule has 33 heavy (non-hydrogen) atoms. The molecular formula is C21H23N3O7S2. The van der Waals surface area contributed by atoms with E-state index < -0.39 is 21.1 Å². The van der Waals surface area contributed by atoms with Crippen molar-refractivity contribution in [3.05, 3.63) is 59.4 Å². The van der Waals surface area contributed by atoms with Crippen LogP contribution in [0.5, 0.6) is 5.75 Å². The van der Waals surface area contributed by atoms with Crippen molar-refractivity contribution in [2.45, 2.75) is 24.5 Å². The number of nitrogens with zero attached hydrogens (tertiary/aromatic N) is 1. The number of nitrogens with one attached hydrogen (secondary N) is 2. The molecule has 1 fully saturated rings. The van der Waals surface area contributed by atoms with Crippen molar-refractivity contribution in [1.29, 1.82) is 0 Å². The molecule has 3 N–H and O–H groups in total. The minimum Gasteiger partial charge on any atom is -0.493 e. The van der Waals surface area contributed by atoms with Crippen molar-refractivity contribution < 1.29 is 32.1 Å². The highest BCUT2D eigenvalue weighted by molar-refractivity contribution is 8.15. The molecule has 3 rings (SSSR count). The van der Waals surface area contributed by atoms with Gasteiger partial charge in [0.1, 0.15) is 5.75 Å². The number of amides is 3. The first-order chi connectivity index (χ1) is 15.7. The number of carbonyl (C=O) groups is 3. The van der Waals surface area contributed by atoms with Gasteiger partial charge in [-0.25, -0.2) is 0 Å². The van der Waals surface area contributed by atoms with E-state index >= 15 is 0 Å². The Morgan fingerprint density at radius 3 is 2.48 bits per heavy atom. The molecule has 2 aromatic rings. The fourth-order valence-electron chi connectivity index (χ4n) is 3.01. The number of benzene rings is 1. The fraction of sp³-hybridized carbons (Fsp3) is 0.333. The standard InChI is InChI=1S/C21H23N3O7S2/c25-19(22-8-10-33(28,29)30)12-15-1-4-16(23-13-15)7-9-31-17-5-2-14(3-6-17)11-18-20(26)24-21(27)32-18/h1-6,13,18H,7-12H2,(H,22,25)(H,24,26,27)(H,28,29,30). The number of thioether (sulfide) groups is 1. The van der Waals surface area contributed by atoms with Crippen molar-refractivity contribution >= 4 is 38.9 Å². The summed E-state index contributed by atoms with van der Waals surface area (Å²) in [6.45, 7) is 0.243. The number of pyridine rings is 1. The van der Waals surface area contributed by atoms with Gasteiger partial charge in [0.05, 0.1) is 24.0 Å². The number of aromatic nitrogens is 1. The normalized spacial score (nSPS) is 15.8. The zero-order valence-corrected chi connectivity index (χ0v) is 19.2. The first-order valence-corrected chi connectivity index (χ1v) is 12.6. The predicted octanol–water partition coefficient (Wildman–Crippen LogP) is 1.14. The van der Waals surface area contributed by atoms with Gasteiger partial charge in [0.15, 0.2) is 0 Å². The third-order valence-corrected chi connectivity index (χ3v) is 6.37. The number of imide groups is 1. The Balaban J connectivity index is 1.38. The van der Waals surface area contributed by atoms with Gasteiger partial charge in [-0.1, -0.05) is 30.0 Å². The average molecular weight is 494 g/mol. The molecule has 1 aliphatic rings. The molecule has 12 heteroatoms. The van der Waals surface area contributed by atoms with Gasteiger partial charge in [0.25, 0.3) is 15.4 Å². The van der Waals surface area contributed by atoms with Crippen LogP contribution in [0.1, 0.15) is 16.8 Å². The summed E-state index contributed by atoms with van der Waals surface area (Å²) < 4.78 is 35.7. The number of hydrogen-bond donors (Lipinski definition) is 3. The maximum absolute atomic E-state index is 11.8. The lowest BCUT2D eigenvalue weighted by atomic mass is 10.1. The topological polar surface area (TPSA) is 152 Å². The Morgan fingerprint density at radius 2 is 1.88 bits per heavy atom. The molecule has 2 heterocycles. The SMILES string of the molecule is O=C(Cc1ccc(CCOc2ccc(CC3SC(=O)NC3=O)cc2)nc1)NCCS(=O)(=O)O. The molecule has 1 aliphatic heterocycles. The van der Waals surface area contributed by atoms with Crippen molar-refractivity contribution in [1.82, 2.24) is 15.6 Å². The second-order valence-electron chi connectivity index (χ2n) is 7.30. The van der Waals surface area contributed by atoms with Crippen LogP contribution in [0.15, 0.2) is 42.6 Å². The minimum atomic E-state index is -4.10. The molecule has 0 bridgehead atoms. The summed E-state index contributed by atoms with van der Waals surface area (Å²) in [6.07, 6.45) is 2.66. The molecular weight excluding hydrogens is 470 g/mol. The summed E-state index contributed by atoms with van der Waals surface area (Å²) in [4.78, 5) is 39.0. The molecule has 0 radical (unpaired) electrons. The van der Waals surface area contributed by atoms with Crippen LogP contribution in [0.25, 0.3) is 0 Å². The van der Waals surface area contributed by atoms with E-state index in [1.807, 2.05) is 24.3 Å². The van der Waals surface area contributed by atoms with E-state index in [1.165, 1.54) is 0 Å². The Hall–Kier alpha value is -2.96. The van der Waals surface area contributed by atoms with E-state index in [2.05, 4.69) is 15.6 Å². The summed E-state index contributed by atoms with van der Waals surface area (Å²) in [5, 5.41) is 3.98. The maximum Gasteiger partial charge on any atom is 0.286 e. The fourth-order valence-corrected chi connectivity index (χ4v) is 4.23. The molecule has 1 aromatic carbocycles. The molecule has 176 valence electrons. The molecule has 3 amide bonds. The zero-order chi connectivity index (χ0) is 23.8. The number of hydrogen-bond acceptors (Lipinski definition) is 8. The number of rotatable bonds is 11. The van der Waals surface area contributed by atoms with Gasteiger partial charge in [-0.3, -0.25) is 29.2 Å². The van der Waals surface area contributed by atoms with Crippen LogP contribution in [0.2, 0.25) is 0 Å². The van der Waals surface area contributed by atoms with Gasteiger partial charge in [-0.2, -0.15) is 8.42 Å². The lowest BCUT2D eigenvalue weighted by Crippen LogP contribution is -2.30. The highest BCUT2D eigenvalue weighted by Gasteiger charge is 2.31. The van der Waals surface area contributed by atoms with Gasteiger partial charge < -0.3 is 10.1 Å². The quantitative estimate of drug-likeness (QED) is 0.391. The van der Waals surface area contributed by atoms with Crippen LogP contribution >= 0.6 is 11.8 Å². The van der Waals surface area contributed by atoms with E-state index in [0.29, 0.717) is 30.8 Å². The lowest BCUT2D eigenvalue weighted by Gasteiger charge is -2.09. The van der Waals surface area contributed by atoms with Crippen LogP contribution in [-0.4, -0.2) is 59.2 Å². The van der Waals surface area contributed by atoms with E-state index in [-0.39, 0.29) is 30.0 Å². The minimum absolute atomic E-state index is 0.0524. The summed E-state index contributed by atoms with van der Waals surface area (Å²) in [5.74, 6) is -0.479. The molecule has 10 nitrogen and oxygen atoms in total. The van der Waals surface area contributed by atoms with Gasteiger partial charge in [0.2, 0.25) is 11.8 Å². The molecule has 1 aromatic heterocycles. The molecule has 1 unspecified atom stereocenters. The summed E-state index contributed by atoms with van der Waals surface area (Å²) in [6, 6.07) is 10.9. The van der Waals surface area contributed by atoms with Crippen LogP contribution in [0, 0.1) is 0 Å². The van der Waals surface area contributed by atoms with E-state index in [4.69, 9.17) is 9.29 Å². The largest absolute Gasteiger partial charge is 0.493 e. The van der Waals surface area contributed by atoms with Crippen LogP contribution in [-0.2, 0) is 39.0 Å². The zero-order valence-electron chi connectivity index (χ0n) is 17.5. The monoisotopic (exact) mass is 493 g/mol. The third kappa shape index (κ3) is 8.48. The Morgan fingerprint density at radius 1 is 1.15 bits per heavy atom. The average Bonchev–Trinajstić information content (AvgIpc) is 3.06. The predicted molar refractivity (Wildman–Crippen MR) is 122 cm³/mol. The molecule has 0 saturated carbocycles. The number of carbonyl (C=O) groups excluding carboxylic acids is 3. The van der Waals surface area contributed by atoms with Crippen molar-refractivity contribution in [2.75, 3.05) is 18.9 Å². The van der Waals surface area contributed by atoms with E-state index in [9.17, 15) is 22.8 Å². The van der Waals surface area contributed by atoms with Gasteiger partial charge in [0, 0.05) is 24.9 Å². The van der Waals surface area contributed by atoms with Crippen molar-refractivity contribution in [3.63, 3.8) is 0 Å². The lowest BCUT2D eigenvalue weighted by molar-refractivity contribution is -0.120. The Kier molecular flexibility index (Phi) is 8.42. The van der Waals surface area contributed by atoms with Gasteiger partial charge >= 0.3 is 0 Å². The summed E-state index contributed by atoms with van der Waals surface area (Å²) >= 11 is 1.00. The summed E-state index contributed by atoms with van der Waals surface area (Å²) in [7, 11) is -4.10. The first-order valence-electron chi connectivity index (χ1n) is 10.1. The molecule has 0 spiro atoms. The molecule has 1 atom stereocenters. The first kappa shape index (κ1) is 24.7.